The summed E-state index contributed by atoms with van der Waals surface area (Å²) in [5.41, 5.74) is 1.79. The number of nitrogens with one attached hydrogen (secondary N) is 1. The highest BCUT2D eigenvalue weighted by molar-refractivity contribution is 7.22. The average molecular weight is 391 g/mol. The highest BCUT2D eigenvalue weighted by Crippen LogP contribution is 2.30. The van der Waals surface area contributed by atoms with Crippen LogP contribution in [0.5, 0.6) is 0 Å². The SMILES string of the molecule is Cc1csc(C2CCN(CC(=O)Nc3nc4ccc(F)cc4s3)CC2)n1. The summed E-state index contributed by atoms with van der Waals surface area (Å²) in [5, 5.41) is 6.67. The molecule has 0 unspecified atom stereocenters. The molecule has 1 fully saturated rings. The van der Waals surface area contributed by atoms with E-state index in [1.165, 1.54) is 28.5 Å². The fourth-order valence-corrected chi connectivity index (χ4v) is 5.09. The van der Waals surface area contributed by atoms with Gasteiger partial charge >= 0.3 is 0 Å². The number of thiazole rings is 2. The van der Waals surface area contributed by atoms with Crippen LogP contribution in [0.25, 0.3) is 10.2 Å². The number of hydrogen-bond acceptors (Lipinski definition) is 6. The van der Waals surface area contributed by atoms with Crippen molar-refractivity contribution in [2.45, 2.75) is 25.7 Å². The predicted molar refractivity (Wildman–Crippen MR) is 103 cm³/mol. The Kier molecular flexibility index (Phi) is 4.97. The lowest BCUT2D eigenvalue weighted by molar-refractivity contribution is -0.117. The molecule has 1 aliphatic rings. The number of piperidine rings is 1. The molecule has 3 heterocycles. The Labute approximate surface area is 158 Å². The van der Waals surface area contributed by atoms with Crippen LogP contribution in [0.1, 0.15) is 29.5 Å². The Morgan fingerprint density at radius 3 is 2.88 bits per heavy atom. The van der Waals surface area contributed by atoms with E-state index in [-0.39, 0.29) is 11.7 Å². The summed E-state index contributed by atoms with van der Waals surface area (Å²) < 4.78 is 14.0. The van der Waals surface area contributed by atoms with Crippen LogP contribution in [0.2, 0.25) is 0 Å². The Hall–Kier alpha value is -1.90. The number of carbonyl (C=O) groups is 1. The smallest absolute Gasteiger partial charge is 0.240 e. The maximum absolute atomic E-state index is 13.3. The molecule has 0 spiro atoms. The summed E-state index contributed by atoms with van der Waals surface area (Å²) in [7, 11) is 0. The zero-order chi connectivity index (χ0) is 18.1. The number of nitrogens with zero attached hydrogens (tertiary/aromatic N) is 3. The molecule has 0 saturated carbocycles. The van der Waals surface area contributed by atoms with Gasteiger partial charge in [-0.05, 0) is 51.1 Å². The standard InChI is InChI=1S/C18H19FN4OS2/c1-11-10-25-17(20-11)12-4-6-23(7-5-12)9-16(24)22-18-21-14-3-2-13(19)8-15(14)26-18/h2-3,8,10,12H,4-7,9H2,1H3,(H,21,22,24). The number of carbonyl (C=O) groups excluding carboxylic acids is 1. The van der Waals surface area contributed by atoms with Crippen molar-refractivity contribution in [3.63, 3.8) is 0 Å². The lowest BCUT2D eigenvalue weighted by Gasteiger charge is -2.30. The Morgan fingerprint density at radius 2 is 2.15 bits per heavy atom. The second-order valence-electron chi connectivity index (χ2n) is 6.56. The summed E-state index contributed by atoms with van der Waals surface area (Å²) in [6, 6.07) is 4.44. The first-order valence-electron chi connectivity index (χ1n) is 8.57. The molecule has 1 aliphatic heterocycles. The van der Waals surface area contributed by atoms with E-state index in [1.54, 1.807) is 17.4 Å². The summed E-state index contributed by atoms with van der Waals surface area (Å²) in [6.07, 6.45) is 2.06. The second kappa shape index (κ2) is 7.38. The zero-order valence-electron chi connectivity index (χ0n) is 14.4. The van der Waals surface area contributed by atoms with Crippen LogP contribution in [0.15, 0.2) is 23.6 Å². The predicted octanol–water partition coefficient (Wildman–Crippen LogP) is 4.02. The first-order chi connectivity index (χ1) is 12.6. The van der Waals surface area contributed by atoms with Crippen molar-refractivity contribution in [1.82, 2.24) is 14.9 Å². The Balaban J connectivity index is 1.31. The summed E-state index contributed by atoms with van der Waals surface area (Å²) in [5.74, 6) is 0.137. The van der Waals surface area contributed by atoms with Gasteiger partial charge in [0.15, 0.2) is 5.13 Å². The number of rotatable bonds is 4. The van der Waals surface area contributed by atoms with Gasteiger partial charge in [0.05, 0.1) is 21.8 Å². The van der Waals surface area contributed by atoms with Gasteiger partial charge in [-0.15, -0.1) is 11.3 Å². The van der Waals surface area contributed by atoms with E-state index < -0.39 is 0 Å². The van der Waals surface area contributed by atoms with Crippen molar-refractivity contribution >= 4 is 43.9 Å². The molecule has 3 aromatic rings. The van der Waals surface area contributed by atoms with Crippen molar-refractivity contribution in [2.24, 2.45) is 0 Å². The number of hydrogen-bond donors (Lipinski definition) is 1. The molecule has 1 amide bonds. The first-order valence-corrected chi connectivity index (χ1v) is 10.3. The highest BCUT2D eigenvalue weighted by atomic mass is 32.1. The topological polar surface area (TPSA) is 58.1 Å². The third-order valence-corrected chi connectivity index (χ3v) is 6.60. The molecule has 1 N–H and O–H groups in total. The van der Waals surface area contributed by atoms with E-state index in [1.807, 2.05) is 6.92 Å². The zero-order valence-corrected chi connectivity index (χ0v) is 16.0. The van der Waals surface area contributed by atoms with Gasteiger partial charge in [0.1, 0.15) is 5.82 Å². The van der Waals surface area contributed by atoms with Gasteiger partial charge in [-0.3, -0.25) is 9.69 Å². The third-order valence-electron chi connectivity index (χ3n) is 4.54. The molecule has 0 aliphatic carbocycles. The molecule has 2 aromatic heterocycles. The van der Waals surface area contributed by atoms with Gasteiger partial charge in [0.2, 0.25) is 5.91 Å². The molecule has 0 atom stereocenters. The van der Waals surface area contributed by atoms with Gasteiger partial charge in [-0.1, -0.05) is 11.3 Å². The monoisotopic (exact) mass is 390 g/mol. The molecule has 1 saturated heterocycles. The lowest BCUT2D eigenvalue weighted by atomic mass is 9.97. The van der Waals surface area contributed by atoms with Crippen LogP contribution in [0, 0.1) is 12.7 Å². The van der Waals surface area contributed by atoms with Gasteiger partial charge < -0.3 is 5.32 Å². The lowest BCUT2D eigenvalue weighted by Crippen LogP contribution is -2.38. The van der Waals surface area contributed by atoms with Crippen LogP contribution in [-0.2, 0) is 4.79 Å². The van der Waals surface area contributed by atoms with E-state index in [4.69, 9.17) is 0 Å². The van der Waals surface area contributed by atoms with Crippen molar-refractivity contribution < 1.29 is 9.18 Å². The number of benzene rings is 1. The van der Waals surface area contributed by atoms with Gasteiger partial charge in [0.25, 0.3) is 0 Å². The van der Waals surface area contributed by atoms with E-state index in [0.29, 0.717) is 23.1 Å². The fraction of sp³-hybridized carbons (Fsp3) is 0.389. The fourth-order valence-electron chi connectivity index (χ4n) is 3.21. The normalized spacial score (nSPS) is 16.2. The van der Waals surface area contributed by atoms with Crippen molar-refractivity contribution in [3.05, 3.63) is 40.1 Å². The van der Waals surface area contributed by atoms with E-state index >= 15 is 0 Å². The van der Waals surface area contributed by atoms with Crippen molar-refractivity contribution in [3.8, 4) is 0 Å². The van der Waals surface area contributed by atoms with Crippen LogP contribution in [0.3, 0.4) is 0 Å². The number of fused-ring (bicyclic) bond motifs is 1. The van der Waals surface area contributed by atoms with Gasteiger partial charge in [-0.25, -0.2) is 14.4 Å². The minimum atomic E-state index is -0.294. The minimum absolute atomic E-state index is 0.0759. The molecule has 5 nitrogen and oxygen atoms in total. The van der Waals surface area contributed by atoms with Crippen LogP contribution in [-0.4, -0.2) is 40.4 Å². The van der Waals surface area contributed by atoms with Crippen LogP contribution < -0.4 is 5.32 Å². The van der Waals surface area contributed by atoms with Gasteiger partial charge in [0, 0.05) is 17.0 Å². The number of aromatic nitrogens is 2. The number of halogens is 1. The van der Waals surface area contributed by atoms with Crippen molar-refractivity contribution in [1.29, 1.82) is 0 Å². The van der Waals surface area contributed by atoms with Crippen LogP contribution in [0.4, 0.5) is 9.52 Å². The largest absolute Gasteiger partial charge is 0.301 e. The Morgan fingerprint density at radius 1 is 1.35 bits per heavy atom. The summed E-state index contributed by atoms with van der Waals surface area (Å²) in [4.78, 5) is 23.4. The molecule has 136 valence electrons. The quantitative estimate of drug-likeness (QED) is 0.731. The maximum Gasteiger partial charge on any atom is 0.240 e. The highest BCUT2D eigenvalue weighted by Gasteiger charge is 2.24. The van der Waals surface area contributed by atoms with E-state index in [0.717, 1.165) is 36.3 Å². The molecule has 0 bridgehead atoms. The number of aryl methyl sites for hydroxylation is 1. The maximum atomic E-state index is 13.3. The van der Waals surface area contributed by atoms with E-state index in [9.17, 15) is 9.18 Å². The molecule has 1 aromatic carbocycles. The second-order valence-corrected chi connectivity index (χ2v) is 8.48. The number of likely N-dealkylation sites (tertiary alicyclic amines) is 1. The molecular weight excluding hydrogens is 371 g/mol. The Bertz CT molecular complexity index is 930. The van der Waals surface area contributed by atoms with E-state index in [2.05, 4.69) is 25.6 Å². The molecule has 26 heavy (non-hydrogen) atoms. The van der Waals surface area contributed by atoms with Gasteiger partial charge in [-0.2, -0.15) is 0 Å². The molecular formula is C18H19FN4OS2. The number of amides is 1. The molecule has 4 rings (SSSR count). The first kappa shape index (κ1) is 17.5. The minimum Gasteiger partial charge on any atom is -0.301 e. The third kappa shape index (κ3) is 3.92. The number of anilines is 1. The molecule has 8 heteroatoms. The summed E-state index contributed by atoms with van der Waals surface area (Å²) in [6.45, 7) is 4.16. The average Bonchev–Trinajstić information content (AvgIpc) is 3.20. The summed E-state index contributed by atoms with van der Waals surface area (Å²) >= 11 is 3.03. The van der Waals surface area contributed by atoms with Crippen LogP contribution >= 0.6 is 22.7 Å². The van der Waals surface area contributed by atoms with Crippen molar-refractivity contribution in [2.75, 3.05) is 25.0 Å². The molecule has 0 radical (unpaired) electrons.